The number of hydrogen-bond donors (Lipinski definition) is 1. The molecule has 88 valence electrons. The van der Waals surface area contributed by atoms with Crippen LogP contribution in [0.3, 0.4) is 0 Å². The molecule has 0 aromatic rings. The molecule has 0 bridgehead atoms. The quantitative estimate of drug-likeness (QED) is 0.749. The lowest BCUT2D eigenvalue weighted by atomic mass is 9.63. The molecule has 15 heavy (non-hydrogen) atoms. The van der Waals surface area contributed by atoms with E-state index in [1.807, 2.05) is 0 Å². The third-order valence-corrected chi connectivity index (χ3v) is 3.95. The molecule has 1 nitrogen and oxygen atoms in total. The molecule has 0 spiro atoms. The number of rotatable bonds is 3. The average Bonchev–Trinajstić information content (AvgIpc) is 2.76. The Balaban J connectivity index is 1.87. The minimum atomic E-state index is 0.531. The lowest BCUT2D eigenvalue weighted by molar-refractivity contribution is 0.0848. The van der Waals surface area contributed by atoms with Gasteiger partial charge in [-0.1, -0.05) is 27.7 Å². The summed E-state index contributed by atoms with van der Waals surface area (Å²) in [6, 6.07) is 0.768. The van der Waals surface area contributed by atoms with Crippen molar-refractivity contribution in [3.63, 3.8) is 0 Å². The first-order chi connectivity index (χ1) is 6.86. The van der Waals surface area contributed by atoms with Gasteiger partial charge in [0, 0.05) is 6.04 Å². The molecule has 2 aliphatic rings. The third-order valence-electron chi connectivity index (χ3n) is 3.95. The lowest BCUT2D eigenvalue weighted by Crippen LogP contribution is -2.44. The van der Waals surface area contributed by atoms with Crippen molar-refractivity contribution in [1.29, 1.82) is 0 Å². The molecule has 2 aliphatic carbocycles. The van der Waals surface area contributed by atoms with Crippen molar-refractivity contribution in [3.05, 3.63) is 0 Å². The van der Waals surface area contributed by atoms with E-state index in [9.17, 15) is 0 Å². The minimum Gasteiger partial charge on any atom is -0.314 e. The van der Waals surface area contributed by atoms with E-state index in [-0.39, 0.29) is 0 Å². The molecule has 0 aromatic carbocycles. The second kappa shape index (κ2) is 3.76. The second-order valence-corrected chi connectivity index (χ2v) is 7.46. The lowest BCUT2D eigenvalue weighted by Gasteiger charge is -2.45. The van der Waals surface area contributed by atoms with E-state index in [2.05, 4.69) is 33.0 Å². The highest BCUT2D eigenvalue weighted by Gasteiger charge is 2.38. The Labute approximate surface area is 95.0 Å². The van der Waals surface area contributed by atoms with E-state index < -0.39 is 0 Å². The smallest absolute Gasteiger partial charge is 0.00773 e. The van der Waals surface area contributed by atoms with Crippen molar-refractivity contribution in [3.8, 4) is 0 Å². The van der Waals surface area contributed by atoms with Crippen LogP contribution < -0.4 is 5.32 Å². The minimum absolute atomic E-state index is 0.531. The number of nitrogens with one attached hydrogen (secondary N) is 1. The Bertz CT molecular complexity index is 209. The van der Waals surface area contributed by atoms with Gasteiger partial charge in [0.15, 0.2) is 0 Å². The molecule has 0 unspecified atom stereocenters. The molecular weight excluding hydrogens is 182 g/mol. The Morgan fingerprint density at radius 1 is 1.00 bits per heavy atom. The molecular formula is C14H27N. The highest BCUT2D eigenvalue weighted by atomic mass is 14.9. The van der Waals surface area contributed by atoms with E-state index >= 15 is 0 Å². The van der Waals surface area contributed by atoms with Gasteiger partial charge in [-0.2, -0.15) is 0 Å². The van der Waals surface area contributed by atoms with Crippen LogP contribution in [-0.4, -0.2) is 12.6 Å². The molecule has 0 atom stereocenters. The summed E-state index contributed by atoms with van der Waals surface area (Å²) in [6.45, 7) is 11.0. The van der Waals surface area contributed by atoms with Crippen molar-refractivity contribution in [1.82, 2.24) is 5.32 Å². The van der Waals surface area contributed by atoms with Gasteiger partial charge in [0.05, 0.1) is 0 Å². The standard InChI is InChI=1S/C14H27N/c1-13(2)7-12(8-14(3,4)10-13)15-9-11-5-6-11/h11-12,15H,5-10H2,1-4H3. The van der Waals surface area contributed by atoms with Crippen molar-refractivity contribution >= 4 is 0 Å². The Morgan fingerprint density at radius 3 is 2.00 bits per heavy atom. The summed E-state index contributed by atoms with van der Waals surface area (Å²) in [5.41, 5.74) is 1.06. The van der Waals surface area contributed by atoms with Crippen molar-refractivity contribution in [2.75, 3.05) is 6.54 Å². The van der Waals surface area contributed by atoms with Gasteiger partial charge >= 0.3 is 0 Å². The van der Waals surface area contributed by atoms with Gasteiger partial charge in [-0.3, -0.25) is 0 Å². The molecule has 1 N–H and O–H groups in total. The van der Waals surface area contributed by atoms with Crippen LogP contribution in [-0.2, 0) is 0 Å². The summed E-state index contributed by atoms with van der Waals surface area (Å²) in [7, 11) is 0. The van der Waals surface area contributed by atoms with Gasteiger partial charge in [-0.15, -0.1) is 0 Å². The fraction of sp³-hybridized carbons (Fsp3) is 1.00. The maximum Gasteiger partial charge on any atom is 0.00773 e. The SMILES string of the molecule is CC1(C)CC(NCC2CC2)CC(C)(C)C1. The summed E-state index contributed by atoms with van der Waals surface area (Å²) >= 11 is 0. The zero-order valence-corrected chi connectivity index (χ0v) is 10.9. The van der Waals surface area contributed by atoms with Gasteiger partial charge in [0.25, 0.3) is 0 Å². The van der Waals surface area contributed by atoms with Gasteiger partial charge in [-0.05, 0) is 55.4 Å². The Kier molecular flexibility index (Phi) is 2.87. The van der Waals surface area contributed by atoms with Crippen LogP contribution in [0.5, 0.6) is 0 Å². The molecule has 0 amide bonds. The largest absolute Gasteiger partial charge is 0.314 e. The van der Waals surface area contributed by atoms with Gasteiger partial charge < -0.3 is 5.32 Å². The maximum absolute atomic E-state index is 3.79. The van der Waals surface area contributed by atoms with Crippen LogP contribution in [0.2, 0.25) is 0 Å². The maximum atomic E-state index is 3.79. The number of hydrogen-bond acceptors (Lipinski definition) is 1. The van der Waals surface area contributed by atoms with Gasteiger partial charge in [-0.25, -0.2) is 0 Å². The zero-order chi connectivity index (χ0) is 11.1. The van der Waals surface area contributed by atoms with Crippen molar-refractivity contribution in [2.24, 2.45) is 16.7 Å². The molecule has 1 heteroatoms. The third kappa shape index (κ3) is 3.48. The van der Waals surface area contributed by atoms with Crippen molar-refractivity contribution in [2.45, 2.75) is 65.8 Å². The molecule has 0 aliphatic heterocycles. The topological polar surface area (TPSA) is 12.0 Å². The van der Waals surface area contributed by atoms with Crippen LogP contribution >= 0.6 is 0 Å². The molecule has 0 heterocycles. The van der Waals surface area contributed by atoms with E-state index in [0.717, 1.165) is 12.0 Å². The monoisotopic (exact) mass is 209 g/mol. The summed E-state index contributed by atoms with van der Waals surface area (Å²) in [4.78, 5) is 0. The molecule has 2 fully saturated rings. The zero-order valence-electron chi connectivity index (χ0n) is 10.9. The summed E-state index contributed by atoms with van der Waals surface area (Å²) in [5.74, 6) is 1.01. The first-order valence-corrected chi connectivity index (χ1v) is 6.60. The second-order valence-electron chi connectivity index (χ2n) is 7.46. The van der Waals surface area contributed by atoms with Crippen LogP contribution in [0.15, 0.2) is 0 Å². The fourth-order valence-corrected chi connectivity index (χ4v) is 3.65. The van der Waals surface area contributed by atoms with Crippen LogP contribution in [0.25, 0.3) is 0 Å². The first-order valence-electron chi connectivity index (χ1n) is 6.60. The van der Waals surface area contributed by atoms with E-state index in [0.29, 0.717) is 10.8 Å². The normalized spacial score (nSPS) is 30.4. The van der Waals surface area contributed by atoms with E-state index in [4.69, 9.17) is 0 Å². The van der Waals surface area contributed by atoms with E-state index in [1.54, 1.807) is 0 Å². The molecule has 0 aromatic heterocycles. The van der Waals surface area contributed by atoms with Crippen LogP contribution in [0.1, 0.15) is 59.8 Å². The average molecular weight is 209 g/mol. The van der Waals surface area contributed by atoms with Crippen molar-refractivity contribution < 1.29 is 0 Å². The fourth-order valence-electron chi connectivity index (χ4n) is 3.65. The molecule has 0 radical (unpaired) electrons. The van der Waals surface area contributed by atoms with E-state index in [1.165, 1.54) is 38.6 Å². The Hall–Kier alpha value is -0.0400. The van der Waals surface area contributed by atoms with Gasteiger partial charge in [0.2, 0.25) is 0 Å². The summed E-state index contributed by atoms with van der Waals surface area (Å²) < 4.78 is 0. The molecule has 0 saturated heterocycles. The Morgan fingerprint density at radius 2 is 1.53 bits per heavy atom. The van der Waals surface area contributed by atoms with Gasteiger partial charge in [0.1, 0.15) is 0 Å². The van der Waals surface area contributed by atoms with Crippen LogP contribution in [0, 0.1) is 16.7 Å². The predicted molar refractivity (Wildman–Crippen MR) is 65.9 cm³/mol. The van der Waals surface area contributed by atoms with Crippen LogP contribution in [0.4, 0.5) is 0 Å². The summed E-state index contributed by atoms with van der Waals surface area (Å²) in [6.07, 6.45) is 7.03. The molecule has 2 saturated carbocycles. The summed E-state index contributed by atoms with van der Waals surface area (Å²) in [5, 5.41) is 3.79. The first kappa shape index (κ1) is 11.4. The predicted octanol–water partition coefficient (Wildman–Crippen LogP) is 3.59. The highest BCUT2D eigenvalue weighted by molar-refractivity contribution is 4.93. The highest BCUT2D eigenvalue weighted by Crippen LogP contribution is 2.45. The molecule has 2 rings (SSSR count).